The van der Waals surface area contributed by atoms with Crippen molar-refractivity contribution in [3.63, 3.8) is 0 Å². The van der Waals surface area contributed by atoms with Gasteiger partial charge in [-0.25, -0.2) is 4.79 Å². The first kappa shape index (κ1) is 20.5. The first-order valence-corrected chi connectivity index (χ1v) is 9.42. The number of phenolic OH excluding ortho intramolecular Hbond substituents is 1. The van der Waals surface area contributed by atoms with Crippen LogP contribution in [0.25, 0.3) is 33.0 Å². The molecule has 0 saturated heterocycles. The predicted molar refractivity (Wildman–Crippen MR) is 113 cm³/mol. The van der Waals surface area contributed by atoms with Gasteiger partial charge in [-0.3, -0.25) is 0 Å². The van der Waals surface area contributed by atoms with Crippen LogP contribution in [-0.4, -0.2) is 18.2 Å². The summed E-state index contributed by atoms with van der Waals surface area (Å²) in [6.07, 6.45) is -4.73. The number of fused-ring (bicyclic) bond motifs is 1. The zero-order valence-electron chi connectivity index (χ0n) is 16.4. The molecular weight excluding hydrogens is 405 g/mol. The number of phenols is 1. The lowest BCUT2D eigenvalue weighted by Crippen LogP contribution is -2.10. The third-order valence-corrected chi connectivity index (χ3v) is 5.13. The molecule has 4 aromatic carbocycles. The van der Waals surface area contributed by atoms with Crippen LogP contribution in [0.4, 0.5) is 13.2 Å². The maximum Gasteiger partial charge on any atom is 0.417 e. The van der Waals surface area contributed by atoms with Crippen LogP contribution < -0.4 is 0 Å². The number of benzene rings is 4. The molecular formula is C25H17F3O3. The first-order chi connectivity index (χ1) is 14.8. The summed E-state index contributed by atoms with van der Waals surface area (Å²) in [5.41, 5.74) is 0.558. The van der Waals surface area contributed by atoms with E-state index in [1.54, 1.807) is 60.7 Å². The molecule has 0 amide bonds. The molecule has 6 heteroatoms. The maximum atomic E-state index is 13.8. The zero-order chi connectivity index (χ0) is 22.2. The van der Waals surface area contributed by atoms with E-state index in [2.05, 4.69) is 0 Å². The summed E-state index contributed by atoms with van der Waals surface area (Å²) >= 11 is 0. The normalized spacial score (nSPS) is 11.5. The summed E-state index contributed by atoms with van der Waals surface area (Å²) < 4.78 is 46.4. The van der Waals surface area contributed by atoms with Crippen molar-refractivity contribution in [3.05, 3.63) is 90.0 Å². The molecule has 0 atom stereocenters. The number of esters is 1. The second kappa shape index (κ2) is 7.80. The second-order valence-corrected chi connectivity index (χ2v) is 6.92. The third-order valence-electron chi connectivity index (χ3n) is 5.13. The Balaban J connectivity index is 2.31. The topological polar surface area (TPSA) is 46.5 Å². The largest absolute Gasteiger partial charge is 0.506 e. The summed E-state index contributed by atoms with van der Waals surface area (Å²) in [7, 11) is 1.12. The molecule has 0 heterocycles. The van der Waals surface area contributed by atoms with Crippen LogP contribution >= 0.6 is 0 Å². The summed E-state index contributed by atoms with van der Waals surface area (Å²) in [5, 5.41) is 10.8. The van der Waals surface area contributed by atoms with Gasteiger partial charge in [0.05, 0.1) is 12.7 Å². The number of hydrogen-bond donors (Lipinski definition) is 1. The third kappa shape index (κ3) is 3.50. The molecule has 4 aromatic rings. The van der Waals surface area contributed by atoms with Crippen LogP contribution in [0.1, 0.15) is 15.9 Å². The van der Waals surface area contributed by atoms with Crippen molar-refractivity contribution < 1.29 is 27.8 Å². The Labute approximate surface area is 176 Å². The SMILES string of the molecule is COC(=O)c1c(-c2ccccc2)c(-c2ccccc2)c2cccc(C(F)(F)F)c2c1O. The molecule has 156 valence electrons. The quantitative estimate of drug-likeness (QED) is 0.375. The molecule has 0 aliphatic heterocycles. The Morgan fingerprint density at radius 3 is 1.87 bits per heavy atom. The highest BCUT2D eigenvalue weighted by Gasteiger charge is 2.36. The maximum absolute atomic E-state index is 13.8. The minimum Gasteiger partial charge on any atom is -0.506 e. The molecule has 0 bridgehead atoms. The van der Waals surface area contributed by atoms with Crippen molar-refractivity contribution in [1.29, 1.82) is 0 Å². The Kier molecular flexibility index (Phi) is 5.15. The van der Waals surface area contributed by atoms with Crippen LogP contribution in [0.2, 0.25) is 0 Å². The van der Waals surface area contributed by atoms with Gasteiger partial charge in [0.1, 0.15) is 11.3 Å². The highest BCUT2D eigenvalue weighted by molar-refractivity contribution is 6.16. The van der Waals surface area contributed by atoms with E-state index in [0.717, 1.165) is 13.2 Å². The average molecular weight is 422 g/mol. The summed E-state index contributed by atoms with van der Waals surface area (Å²) in [4.78, 5) is 12.8. The van der Waals surface area contributed by atoms with Gasteiger partial charge in [-0.2, -0.15) is 13.2 Å². The van der Waals surface area contributed by atoms with Gasteiger partial charge in [-0.1, -0.05) is 72.8 Å². The van der Waals surface area contributed by atoms with Gasteiger partial charge in [0.2, 0.25) is 0 Å². The Hall–Kier alpha value is -3.80. The number of carbonyl (C=O) groups excluding carboxylic acids is 1. The minimum absolute atomic E-state index is 0.185. The van der Waals surface area contributed by atoms with Crippen molar-refractivity contribution in [1.82, 2.24) is 0 Å². The number of ether oxygens (including phenoxy) is 1. The van der Waals surface area contributed by atoms with Crippen molar-refractivity contribution >= 4 is 16.7 Å². The van der Waals surface area contributed by atoms with Crippen LogP contribution in [-0.2, 0) is 10.9 Å². The molecule has 1 N–H and O–H groups in total. The van der Waals surface area contributed by atoms with Crippen LogP contribution in [0, 0.1) is 0 Å². The zero-order valence-corrected chi connectivity index (χ0v) is 16.4. The standard InChI is InChI=1S/C25H17F3O3/c1-31-24(30)22-20(16-11-6-3-7-12-16)19(15-9-4-2-5-10-15)17-13-8-14-18(25(26,27)28)21(17)23(22)29/h2-14,29H,1H3. The monoisotopic (exact) mass is 422 g/mol. The Bertz CT molecular complexity index is 1260. The summed E-state index contributed by atoms with van der Waals surface area (Å²) in [6.45, 7) is 0. The molecule has 0 aliphatic carbocycles. The highest BCUT2D eigenvalue weighted by Crippen LogP contribution is 2.49. The number of hydrogen-bond acceptors (Lipinski definition) is 3. The second-order valence-electron chi connectivity index (χ2n) is 6.92. The van der Waals surface area contributed by atoms with Gasteiger partial charge >= 0.3 is 12.1 Å². The van der Waals surface area contributed by atoms with Crippen molar-refractivity contribution in [2.75, 3.05) is 7.11 Å². The molecule has 0 spiro atoms. The van der Waals surface area contributed by atoms with Crippen molar-refractivity contribution in [2.24, 2.45) is 0 Å². The fourth-order valence-corrected chi connectivity index (χ4v) is 3.85. The molecule has 3 nitrogen and oxygen atoms in total. The fourth-order valence-electron chi connectivity index (χ4n) is 3.85. The molecule has 31 heavy (non-hydrogen) atoms. The van der Waals surface area contributed by atoms with E-state index < -0.39 is 28.8 Å². The van der Waals surface area contributed by atoms with Crippen LogP contribution in [0.3, 0.4) is 0 Å². The van der Waals surface area contributed by atoms with Crippen LogP contribution in [0.15, 0.2) is 78.9 Å². The molecule has 0 aliphatic rings. The van der Waals surface area contributed by atoms with E-state index in [1.165, 1.54) is 12.1 Å². The summed E-state index contributed by atoms with van der Waals surface area (Å²) in [5.74, 6) is -1.68. The van der Waals surface area contributed by atoms with Gasteiger partial charge in [0.15, 0.2) is 0 Å². The molecule has 0 radical (unpaired) electrons. The number of alkyl halides is 3. The molecule has 0 saturated carbocycles. The van der Waals surface area contributed by atoms with Crippen LogP contribution in [0.5, 0.6) is 5.75 Å². The smallest absolute Gasteiger partial charge is 0.417 e. The summed E-state index contributed by atoms with van der Waals surface area (Å²) in [6, 6.07) is 21.2. The Morgan fingerprint density at radius 1 is 0.806 bits per heavy atom. The first-order valence-electron chi connectivity index (χ1n) is 9.42. The molecule has 4 rings (SSSR count). The lowest BCUT2D eigenvalue weighted by Gasteiger charge is -2.21. The predicted octanol–water partition coefficient (Wildman–Crippen LogP) is 6.68. The van der Waals surface area contributed by atoms with E-state index in [4.69, 9.17) is 4.74 Å². The molecule has 0 aromatic heterocycles. The van der Waals surface area contributed by atoms with E-state index in [-0.39, 0.29) is 10.9 Å². The van der Waals surface area contributed by atoms with Gasteiger partial charge < -0.3 is 9.84 Å². The number of carbonyl (C=O) groups is 1. The lowest BCUT2D eigenvalue weighted by atomic mass is 9.84. The van der Waals surface area contributed by atoms with Gasteiger partial charge in [-0.05, 0) is 28.1 Å². The van der Waals surface area contributed by atoms with Crippen molar-refractivity contribution in [2.45, 2.75) is 6.18 Å². The van der Waals surface area contributed by atoms with E-state index in [0.29, 0.717) is 22.3 Å². The van der Waals surface area contributed by atoms with E-state index in [9.17, 15) is 23.1 Å². The Morgan fingerprint density at radius 2 is 1.35 bits per heavy atom. The number of rotatable bonds is 3. The van der Waals surface area contributed by atoms with E-state index >= 15 is 0 Å². The molecule has 0 unspecified atom stereocenters. The number of halogens is 3. The minimum atomic E-state index is -4.73. The fraction of sp³-hybridized carbons (Fsp3) is 0.0800. The van der Waals surface area contributed by atoms with E-state index in [1.807, 2.05) is 0 Å². The van der Waals surface area contributed by atoms with Gasteiger partial charge in [-0.15, -0.1) is 0 Å². The lowest BCUT2D eigenvalue weighted by molar-refractivity contribution is -0.136. The van der Waals surface area contributed by atoms with Gasteiger partial charge in [0.25, 0.3) is 0 Å². The molecule has 0 fully saturated rings. The highest BCUT2D eigenvalue weighted by atomic mass is 19.4. The average Bonchev–Trinajstić information content (AvgIpc) is 2.78. The van der Waals surface area contributed by atoms with Gasteiger partial charge in [0, 0.05) is 10.9 Å². The number of methoxy groups -OCH3 is 1. The van der Waals surface area contributed by atoms with Crippen molar-refractivity contribution in [3.8, 4) is 28.0 Å². The number of aromatic hydroxyl groups is 1.